The highest BCUT2D eigenvalue weighted by atomic mass is 16.3. The lowest BCUT2D eigenvalue weighted by atomic mass is 9.84. The lowest BCUT2D eigenvalue weighted by molar-refractivity contribution is -0.122. The van der Waals surface area contributed by atoms with Gasteiger partial charge < -0.3 is 10.4 Å². The van der Waals surface area contributed by atoms with Gasteiger partial charge in [-0.05, 0) is 61.8 Å². The SMILES string of the molecule is CCc1ccc(CCC(=O)N[C@H]2CC[C@H](c3ccc(O)cn3)CC2)cc1. The van der Waals surface area contributed by atoms with Crippen LogP contribution in [0.2, 0.25) is 0 Å². The van der Waals surface area contributed by atoms with Crippen LogP contribution < -0.4 is 5.32 Å². The van der Waals surface area contributed by atoms with E-state index in [9.17, 15) is 9.90 Å². The van der Waals surface area contributed by atoms with E-state index in [2.05, 4.69) is 41.5 Å². The van der Waals surface area contributed by atoms with Crippen LogP contribution in [-0.2, 0) is 17.6 Å². The second-order valence-electron chi connectivity index (χ2n) is 7.23. The number of aromatic hydroxyl groups is 1. The van der Waals surface area contributed by atoms with Crippen molar-refractivity contribution in [3.05, 3.63) is 59.4 Å². The second kappa shape index (κ2) is 8.84. The molecule has 2 aromatic rings. The topological polar surface area (TPSA) is 62.2 Å². The number of aromatic nitrogens is 1. The van der Waals surface area contributed by atoms with Gasteiger partial charge in [0.05, 0.1) is 6.20 Å². The Bertz CT molecular complexity index is 702. The zero-order chi connectivity index (χ0) is 18.4. The minimum absolute atomic E-state index is 0.149. The highest BCUT2D eigenvalue weighted by Gasteiger charge is 2.24. The monoisotopic (exact) mass is 352 g/mol. The molecule has 0 radical (unpaired) electrons. The van der Waals surface area contributed by atoms with Crippen LogP contribution in [0.25, 0.3) is 0 Å². The molecule has 1 amide bonds. The Morgan fingerprint density at radius 2 is 1.77 bits per heavy atom. The number of carbonyl (C=O) groups is 1. The lowest BCUT2D eigenvalue weighted by Crippen LogP contribution is -2.37. The Hall–Kier alpha value is -2.36. The third-order valence-electron chi connectivity index (χ3n) is 5.35. The van der Waals surface area contributed by atoms with E-state index in [4.69, 9.17) is 0 Å². The molecule has 1 aliphatic rings. The third-order valence-corrected chi connectivity index (χ3v) is 5.35. The van der Waals surface area contributed by atoms with Crippen LogP contribution in [0.3, 0.4) is 0 Å². The molecule has 1 aliphatic carbocycles. The normalized spacial score (nSPS) is 19.9. The van der Waals surface area contributed by atoms with Gasteiger partial charge in [-0.2, -0.15) is 0 Å². The van der Waals surface area contributed by atoms with Crippen molar-refractivity contribution in [2.45, 2.75) is 63.8 Å². The molecule has 4 heteroatoms. The zero-order valence-corrected chi connectivity index (χ0v) is 15.4. The van der Waals surface area contributed by atoms with Gasteiger partial charge in [-0.15, -0.1) is 0 Å². The summed E-state index contributed by atoms with van der Waals surface area (Å²) in [4.78, 5) is 16.6. The van der Waals surface area contributed by atoms with Gasteiger partial charge in [0.2, 0.25) is 5.91 Å². The summed E-state index contributed by atoms with van der Waals surface area (Å²) in [6.07, 6.45) is 7.93. The van der Waals surface area contributed by atoms with Gasteiger partial charge >= 0.3 is 0 Å². The minimum Gasteiger partial charge on any atom is -0.506 e. The highest BCUT2D eigenvalue weighted by molar-refractivity contribution is 5.76. The van der Waals surface area contributed by atoms with Gasteiger partial charge in [0.25, 0.3) is 0 Å². The first-order valence-electron chi connectivity index (χ1n) is 9.66. The van der Waals surface area contributed by atoms with Gasteiger partial charge in [-0.25, -0.2) is 0 Å². The molecule has 4 nitrogen and oxygen atoms in total. The Morgan fingerprint density at radius 1 is 1.08 bits per heavy atom. The molecule has 1 aromatic heterocycles. The van der Waals surface area contributed by atoms with E-state index in [1.54, 1.807) is 6.07 Å². The van der Waals surface area contributed by atoms with Crippen LogP contribution in [0, 0.1) is 0 Å². The Labute approximate surface area is 155 Å². The number of rotatable bonds is 6. The number of pyridine rings is 1. The van der Waals surface area contributed by atoms with Crippen molar-refractivity contribution in [1.82, 2.24) is 10.3 Å². The van der Waals surface area contributed by atoms with Crippen LogP contribution in [0.1, 0.15) is 61.8 Å². The predicted molar refractivity (Wildman–Crippen MR) is 103 cm³/mol. The second-order valence-corrected chi connectivity index (χ2v) is 7.23. The van der Waals surface area contributed by atoms with E-state index in [1.807, 2.05) is 6.07 Å². The van der Waals surface area contributed by atoms with Crippen molar-refractivity contribution in [2.24, 2.45) is 0 Å². The summed E-state index contributed by atoms with van der Waals surface area (Å²) < 4.78 is 0. The summed E-state index contributed by atoms with van der Waals surface area (Å²) in [5.41, 5.74) is 3.60. The summed E-state index contributed by atoms with van der Waals surface area (Å²) >= 11 is 0. The first kappa shape index (κ1) is 18.4. The Kier molecular flexibility index (Phi) is 6.26. The van der Waals surface area contributed by atoms with Crippen molar-refractivity contribution in [3.8, 4) is 5.75 Å². The maximum atomic E-state index is 12.2. The van der Waals surface area contributed by atoms with Crippen molar-refractivity contribution in [2.75, 3.05) is 0 Å². The first-order valence-corrected chi connectivity index (χ1v) is 9.66. The molecular weight excluding hydrogens is 324 g/mol. The number of hydrogen-bond donors (Lipinski definition) is 2. The van der Waals surface area contributed by atoms with Crippen LogP contribution in [0.15, 0.2) is 42.6 Å². The average molecular weight is 352 g/mol. The fourth-order valence-corrected chi connectivity index (χ4v) is 3.67. The molecule has 0 spiro atoms. The molecule has 1 heterocycles. The molecule has 1 saturated carbocycles. The smallest absolute Gasteiger partial charge is 0.220 e. The third kappa shape index (κ3) is 5.07. The van der Waals surface area contributed by atoms with Crippen LogP contribution in [-0.4, -0.2) is 22.0 Å². The molecule has 0 unspecified atom stereocenters. The molecule has 0 bridgehead atoms. The zero-order valence-electron chi connectivity index (χ0n) is 15.4. The molecule has 138 valence electrons. The van der Waals surface area contributed by atoms with Crippen molar-refractivity contribution in [3.63, 3.8) is 0 Å². The van der Waals surface area contributed by atoms with Gasteiger partial charge in [-0.1, -0.05) is 31.2 Å². The summed E-state index contributed by atoms with van der Waals surface area (Å²) in [5, 5.41) is 12.5. The van der Waals surface area contributed by atoms with Gasteiger partial charge in [0, 0.05) is 24.1 Å². The number of benzene rings is 1. The van der Waals surface area contributed by atoms with E-state index in [0.29, 0.717) is 12.3 Å². The van der Waals surface area contributed by atoms with Gasteiger partial charge in [0.1, 0.15) is 5.75 Å². The molecule has 3 rings (SSSR count). The number of nitrogens with one attached hydrogen (secondary N) is 1. The first-order chi connectivity index (χ1) is 12.6. The van der Waals surface area contributed by atoms with E-state index in [0.717, 1.165) is 44.2 Å². The molecule has 1 fully saturated rings. The van der Waals surface area contributed by atoms with E-state index in [1.165, 1.54) is 17.3 Å². The molecule has 26 heavy (non-hydrogen) atoms. The Balaban J connectivity index is 1.40. The quantitative estimate of drug-likeness (QED) is 0.822. The summed E-state index contributed by atoms with van der Waals surface area (Å²) in [6.45, 7) is 2.15. The average Bonchev–Trinajstić information content (AvgIpc) is 2.68. The number of carbonyl (C=O) groups excluding carboxylic acids is 1. The molecule has 0 saturated heterocycles. The summed E-state index contributed by atoms with van der Waals surface area (Å²) in [6, 6.07) is 12.4. The maximum absolute atomic E-state index is 12.2. The highest BCUT2D eigenvalue weighted by Crippen LogP contribution is 2.32. The minimum atomic E-state index is 0.149. The van der Waals surface area contributed by atoms with Crippen LogP contribution in [0.4, 0.5) is 0 Å². The summed E-state index contributed by atoms with van der Waals surface area (Å²) in [7, 11) is 0. The van der Waals surface area contributed by atoms with Crippen LogP contribution >= 0.6 is 0 Å². The fraction of sp³-hybridized carbons (Fsp3) is 0.455. The van der Waals surface area contributed by atoms with Gasteiger partial charge in [-0.3, -0.25) is 9.78 Å². The largest absolute Gasteiger partial charge is 0.506 e. The molecular formula is C22H28N2O2. The van der Waals surface area contributed by atoms with Crippen molar-refractivity contribution < 1.29 is 9.90 Å². The lowest BCUT2D eigenvalue weighted by Gasteiger charge is -2.28. The number of amides is 1. The van der Waals surface area contributed by atoms with E-state index in [-0.39, 0.29) is 17.7 Å². The van der Waals surface area contributed by atoms with Crippen molar-refractivity contribution >= 4 is 5.91 Å². The maximum Gasteiger partial charge on any atom is 0.220 e. The Morgan fingerprint density at radius 3 is 2.38 bits per heavy atom. The summed E-state index contributed by atoms with van der Waals surface area (Å²) in [5.74, 6) is 0.788. The number of aryl methyl sites for hydroxylation is 2. The van der Waals surface area contributed by atoms with Gasteiger partial charge in [0.15, 0.2) is 0 Å². The molecule has 2 N–H and O–H groups in total. The fourth-order valence-electron chi connectivity index (χ4n) is 3.67. The van der Waals surface area contributed by atoms with Crippen molar-refractivity contribution in [1.29, 1.82) is 0 Å². The van der Waals surface area contributed by atoms with E-state index < -0.39 is 0 Å². The number of nitrogens with zero attached hydrogens (tertiary/aromatic N) is 1. The predicted octanol–water partition coefficient (Wildman–Crippen LogP) is 4.12. The molecule has 0 atom stereocenters. The molecule has 1 aromatic carbocycles. The standard InChI is InChI=1S/C22H28N2O2/c1-2-16-3-5-17(6-4-16)7-14-22(26)24-19-10-8-18(9-11-19)21-13-12-20(25)15-23-21/h3-6,12-13,15,18-19,25H,2,7-11,14H2,1H3,(H,24,26)/t18-,19-. The van der Waals surface area contributed by atoms with E-state index >= 15 is 0 Å². The van der Waals surface area contributed by atoms with Crippen LogP contribution in [0.5, 0.6) is 5.75 Å². The molecule has 0 aliphatic heterocycles. The number of hydrogen-bond acceptors (Lipinski definition) is 3.